The van der Waals surface area contributed by atoms with Gasteiger partial charge in [-0.1, -0.05) is 5.16 Å². The Balaban J connectivity index is 1.87. The number of anilines is 1. The van der Waals surface area contributed by atoms with E-state index < -0.39 is 0 Å². The minimum absolute atomic E-state index is 0.518. The van der Waals surface area contributed by atoms with E-state index in [1.165, 1.54) is 0 Å². The molecule has 0 bridgehead atoms. The molecule has 90 valence electrons. The predicted octanol–water partition coefficient (Wildman–Crippen LogP) is 0.834. The first-order valence-electron chi connectivity index (χ1n) is 5.36. The maximum atomic E-state index is 4.99. The number of hydrogen-bond donors (Lipinski definition) is 1. The maximum absolute atomic E-state index is 4.99. The summed E-state index contributed by atoms with van der Waals surface area (Å²) in [6.07, 6.45) is 0.636. The first-order valence-corrected chi connectivity index (χ1v) is 5.36. The summed E-state index contributed by atoms with van der Waals surface area (Å²) in [7, 11) is 0. The van der Waals surface area contributed by atoms with Crippen molar-refractivity contribution in [3.8, 4) is 0 Å². The van der Waals surface area contributed by atoms with Gasteiger partial charge in [0.15, 0.2) is 5.82 Å². The monoisotopic (exact) mass is 234 g/mol. The summed E-state index contributed by atoms with van der Waals surface area (Å²) in [5.74, 6) is 1.76. The van der Waals surface area contributed by atoms with Crippen molar-refractivity contribution in [2.24, 2.45) is 0 Å². The minimum Gasteiger partial charge on any atom is -0.352 e. The van der Waals surface area contributed by atoms with Gasteiger partial charge in [-0.05, 0) is 20.8 Å². The Labute approximate surface area is 98.7 Å². The Morgan fingerprint density at radius 1 is 1.06 bits per heavy atom. The Morgan fingerprint density at radius 3 is 2.53 bits per heavy atom. The Hall–Kier alpha value is -2.05. The zero-order valence-corrected chi connectivity index (χ0v) is 10.1. The molecule has 2 heterocycles. The number of rotatable bonds is 4. The van der Waals surface area contributed by atoms with Crippen molar-refractivity contribution in [1.82, 2.24) is 25.3 Å². The molecule has 0 aliphatic heterocycles. The summed E-state index contributed by atoms with van der Waals surface area (Å²) in [6.45, 7) is 6.19. The fourth-order valence-corrected chi connectivity index (χ4v) is 1.25. The Morgan fingerprint density at radius 2 is 1.88 bits per heavy atom. The number of nitrogens with one attached hydrogen (secondary N) is 1. The van der Waals surface area contributed by atoms with Gasteiger partial charge in [-0.3, -0.25) is 0 Å². The molecule has 0 saturated carbocycles. The van der Waals surface area contributed by atoms with Crippen LogP contribution < -0.4 is 5.32 Å². The van der Waals surface area contributed by atoms with Crippen LogP contribution >= 0.6 is 0 Å². The maximum Gasteiger partial charge on any atom is 0.242 e. The van der Waals surface area contributed by atoms with Crippen LogP contribution in [0, 0.1) is 20.8 Å². The van der Waals surface area contributed by atoms with Crippen LogP contribution in [0.2, 0.25) is 0 Å². The Bertz CT molecular complexity index is 509. The lowest BCUT2D eigenvalue weighted by molar-refractivity contribution is 0.377. The molecular weight excluding hydrogens is 220 g/mol. The minimum atomic E-state index is 0.518. The van der Waals surface area contributed by atoms with E-state index in [4.69, 9.17) is 4.52 Å². The molecular formula is C10H14N6O. The highest BCUT2D eigenvalue weighted by Gasteiger charge is 2.04. The van der Waals surface area contributed by atoms with Gasteiger partial charge in [-0.2, -0.15) is 10.1 Å². The summed E-state index contributed by atoms with van der Waals surface area (Å²) in [6, 6.07) is 0. The van der Waals surface area contributed by atoms with Crippen molar-refractivity contribution in [2.45, 2.75) is 27.2 Å². The third kappa shape index (κ3) is 2.96. The van der Waals surface area contributed by atoms with Crippen molar-refractivity contribution in [1.29, 1.82) is 0 Å². The van der Waals surface area contributed by atoms with Crippen LogP contribution in [0.25, 0.3) is 0 Å². The normalized spacial score (nSPS) is 10.5. The van der Waals surface area contributed by atoms with Gasteiger partial charge in [0.2, 0.25) is 11.8 Å². The molecule has 0 fully saturated rings. The highest BCUT2D eigenvalue weighted by Crippen LogP contribution is 2.02. The third-order valence-electron chi connectivity index (χ3n) is 2.28. The summed E-state index contributed by atoms with van der Waals surface area (Å²) in [5.41, 5.74) is 1.71. The number of nitrogens with zero attached hydrogens (tertiary/aromatic N) is 5. The van der Waals surface area contributed by atoms with Crippen LogP contribution in [0.3, 0.4) is 0 Å². The lowest BCUT2D eigenvalue weighted by Gasteiger charge is -2.03. The molecule has 2 rings (SSSR count). The van der Waals surface area contributed by atoms with E-state index in [1.807, 2.05) is 13.8 Å². The van der Waals surface area contributed by atoms with Gasteiger partial charge < -0.3 is 9.84 Å². The average molecular weight is 234 g/mol. The van der Waals surface area contributed by atoms with Crippen LogP contribution in [-0.4, -0.2) is 31.9 Å². The standard InChI is InChI=1S/C10H14N6O/c1-6-7(2)14-15-10(12-6)11-5-4-9-13-8(3)16-17-9/h4-5H2,1-3H3,(H,11,12,15). The molecule has 7 heteroatoms. The average Bonchev–Trinajstić information content (AvgIpc) is 2.70. The SMILES string of the molecule is Cc1noc(CCNc2nnc(C)c(C)n2)n1. The van der Waals surface area contributed by atoms with E-state index in [9.17, 15) is 0 Å². The molecule has 0 aliphatic rings. The van der Waals surface area contributed by atoms with Gasteiger partial charge in [-0.25, -0.2) is 4.98 Å². The third-order valence-corrected chi connectivity index (χ3v) is 2.28. The summed E-state index contributed by atoms with van der Waals surface area (Å²) >= 11 is 0. The number of aromatic nitrogens is 5. The van der Waals surface area contributed by atoms with Crippen LogP contribution in [-0.2, 0) is 6.42 Å². The van der Waals surface area contributed by atoms with Crippen LogP contribution in [0.4, 0.5) is 5.95 Å². The molecule has 0 saturated heterocycles. The van der Waals surface area contributed by atoms with E-state index in [0.29, 0.717) is 30.6 Å². The first-order chi connectivity index (χ1) is 8.15. The highest BCUT2D eigenvalue weighted by molar-refractivity contribution is 5.24. The van der Waals surface area contributed by atoms with Crippen molar-refractivity contribution in [2.75, 3.05) is 11.9 Å². The number of hydrogen-bond acceptors (Lipinski definition) is 7. The van der Waals surface area contributed by atoms with Gasteiger partial charge in [0.1, 0.15) is 0 Å². The van der Waals surface area contributed by atoms with Gasteiger partial charge in [0.05, 0.1) is 11.4 Å². The molecule has 2 aromatic heterocycles. The molecule has 17 heavy (non-hydrogen) atoms. The molecule has 7 nitrogen and oxygen atoms in total. The molecule has 0 spiro atoms. The van der Waals surface area contributed by atoms with E-state index >= 15 is 0 Å². The summed E-state index contributed by atoms with van der Waals surface area (Å²) in [5, 5.41) is 14.7. The molecule has 0 amide bonds. The van der Waals surface area contributed by atoms with Crippen LogP contribution in [0.1, 0.15) is 23.1 Å². The number of aryl methyl sites for hydroxylation is 3. The molecule has 2 aromatic rings. The molecule has 0 unspecified atom stereocenters. The van der Waals surface area contributed by atoms with Crippen LogP contribution in [0.15, 0.2) is 4.52 Å². The predicted molar refractivity (Wildman–Crippen MR) is 60.5 cm³/mol. The molecule has 0 atom stereocenters. The molecule has 0 radical (unpaired) electrons. The second kappa shape index (κ2) is 4.86. The molecule has 0 aromatic carbocycles. The van der Waals surface area contributed by atoms with Gasteiger partial charge in [-0.15, -0.1) is 5.10 Å². The van der Waals surface area contributed by atoms with Gasteiger partial charge in [0.25, 0.3) is 0 Å². The van der Waals surface area contributed by atoms with Gasteiger partial charge in [0, 0.05) is 13.0 Å². The summed E-state index contributed by atoms with van der Waals surface area (Å²) in [4.78, 5) is 8.36. The fourth-order valence-electron chi connectivity index (χ4n) is 1.25. The van der Waals surface area contributed by atoms with Crippen molar-refractivity contribution < 1.29 is 4.52 Å². The van der Waals surface area contributed by atoms with E-state index in [-0.39, 0.29) is 0 Å². The molecule has 1 N–H and O–H groups in total. The zero-order valence-electron chi connectivity index (χ0n) is 10.1. The first kappa shape index (κ1) is 11.4. The van der Waals surface area contributed by atoms with Crippen molar-refractivity contribution >= 4 is 5.95 Å². The van der Waals surface area contributed by atoms with E-state index in [1.54, 1.807) is 6.92 Å². The second-order valence-electron chi connectivity index (χ2n) is 3.72. The van der Waals surface area contributed by atoms with Crippen LogP contribution in [0.5, 0.6) is 0 Å². The van der Waals surface area contributed by atoms with E-state index in [0.717, 1.165) is 11.4 Å². The van der Waals surface area contributed by atoms with Gasteiger partial charge >= 0.3 is 0 Å². The highest BCUT2D eigenvalue weighted by atomic mass is 16.5. The smallest absolute Gasteiger partial charge is 0.242 e. The lowest BCUT2D eigenvalue weighted by atomic mass is 10.4. The largest absolute Gasteiger partial charge is 0.352 e. The quantitative estimate of drug-likeness (QED) is 0.838. The zero-order chi connectivity index (χ0) is 12.3. The topological polar surface area (TPSA) is 89.6 Å². The van der Waals surface area contributed by atoms with Crippen molar-refractivity contribution in [3.63, 3.8) is 0 Å². The van der Waals surface area contributed by atoms with Crippen molar-refractivity contribution in [3.05, 3.63) is 23.1 Å². The second-order valence-corrected chi connectivity index (χ2v) is 3.72. The van der Waals surface area contributed by atoms with E-state index in [2.05, 4.69) is 30.6 Å². The molecule has 0 aliphatic carbocycles. The Kier molecular flexibility index (Phi) is 3.27. The summed E-state index contributed by atoms with van der Waals surface area (Å²) < 4.78 is 4.99. The fraction of sp³-hybridized carbons (Fsp3) is 0.500. The lowest BCUT2D eigenvalue weighted by Crippen LogP contribution is -2.10.